The molecule has 3 heteroatoms. The molecule has 0 heterocycles. The molecule has 0 saturated heterocycles. The SMILES string of the molecule is BC(CC)(CC)c1ccc(OC)c(OC)c1. The number of rotatable bonds is 5. The standard InChI is InChI=1S/C13H21BO2/c1-5-13(14,6-2)10-7-8-11(15-3)12(9-10)16-4/h7-9H,5-6,14H2,1-4H3. The van der Waals surface area contributed by atoms with E-state index >= 15 is 0 Å². The fourth-order valence-corrected chi connectivity index (χ4v) is 1.87. The predicted molar refractivity (Wildman–Crippen MR) is 70.4 cm³/mol. The molecule has 0 aliphatic carbocycles. The van der Waals surface area contributed by atoms with Crippen molar-refractivity contribution in [2.45, 2.75) is 32.0 Å². The van der Waals surface area contributed by atoms with Crippen LogP contribution in [0.3, 0.4) is 0 Å². The van der Waals surface area contributed by atoms with E-state index in [9.17, 15) is 0 Å². The normalized spacial score (nSPS) is 11.2. The zero-order chi connectivity index (χ0) is 12.2. The summed E-state index contributed by atoms with van der Waals surface area (Å²) in [6, 6.07) is 6.21. The van der Waals surface area contributed by atoms with Crippen molar-refractivity contribution < 1.29 is 9.47 Å². The lowest BCUT2D eigenvalue weighted by atomic mass is 9.61. The Morgan fingerprint density at radius 3 is 2.06 bits per heavy atom. The first-order chi connectivity index (χ1) is 7.61. The van der Waals surface area contributed by atoms with Crippen LogP contribution in [-0.4, -0.2) is 22.1 Å². The van der Waals surface area contributed by atoms with Crippen molar-refractivity contribution in [3.05, 3.63) is 23.8 Å². The van der Waals surface area contributed by atoms with Gasteiger partial charge in [-0.3, -0.25) is 0 Å². The molecule has 1 rings (SSSR count). The third-order valence-corrected chi connectivity index (χ3v) is 3.64. The van der Waals surface area contributed by atoms with Gasteiger partial charge in [-0.05, 0) is 23.0 Å². The molecule has 1 aromatic carbocycles. The summed E-state index contributed by atoms with van der Waals surface area (Å²) in [5, 5.41) is 0.222. The third-order valence-electron chi connectivity index (χ3n) is 3.64. The highest BCUT2D eigenvalue weighted by Gasteiger charge is 2.23. The van der Waals surface area contributed by atoms with E-state index in [2.05, 4.69) is 33.8 Å². The topological polar surface area (TPSA) is 18.5 Å². The monoisotopic (exact) mass is 220 g/mol. The van der Waals surface area contributed by atoms with Gasteiger partial charge in [0.2, 0.25) is 0 Å². The Hall–Kier alpha value is -1.12. The lowest BCUT2D eigenvalue weighted by molar-refractivity contribution is 0.353. The third kappa shape index (κ3) is 2.34. The van der Waals surface area contributed by atoms with Gasteiger partial charge in [0.1, 0.15) is 7.85 Å². The van der Waals surface area contributed by atoms with Crippen molar-refractivity contribution in [3.8, 4) is 11.5 Å². The molecular weight excluding hydrogens is 199 g/mol. The van der Waals surface area contributed by atoms with Crippen LogP contribution in [0.25, 0.3) is 0 Å². The fourth-order valence-electron chi connectivity index (χ4n) is 1.87. The Morgan fingerprint density at radius 2 is 1.62 bits per heavy atom. The van der Waals surface area contributed by atoms with E-state index in [0.717, 1.165) is 24.3 Å². The molecule has 0 N–H and O–H groups in total. The smallest absolute Gasteiger partial charge is 0.160 e. The minimum Gasteiger partial charge on any atom is -0.493 e. The molecule has 0 aromatic heterocycles. The van der Waals surface area contributed by atoms with Gasteiger partial charge in [0.15, 0.2) is 11.5 Å². The van der Waals surface area contributed by atoms with Gasteiger partial charge in [0, 0.05) is 0 Å². The Bertz CT molecular complexity index is 346. The summed E-state index contributed by atoms with van der Waals surface area (Å²) in [7, 11) is 5.63. The van der Waals surface area contributed by atoms with Crippen molar-refractivity contribution in [2.75, 3.05) is 14.2 Å². The molecule has 0 aliphatic heterocycles. The van der Waals surface area contributed by atoms with Crippen LogP contribution < -0.4 is 9.47 Å². The van der Waals surface area contributed by atoms with E-state index in [1.54, 1.807) is 14.2 Å². The molecule has 0 radical (unpaired) electrons. The van der Waals surface area contributed by atoms with E-state index in [1.165, 1.54) is 5.56 Å². The maximum atomic E-state index is 5.34. The Morgan fingerprint density at radius 1 is 1.06 bits per heavy atom. The van der Waals surface area contributed by atoms with Gasteiger partial charge in [0.25, 0.3) is 0 Å². The van der Waals surface area contributed by atoms with Crippen molar-refractivity contribution in [1.29, 1.82) is 0 Å². The summed E-state index contributed by atoms with van der Waals surface area (Å²) in [4.78, 5) is 0. The van der Waals surface area contributed by atoms with E-state index in [1.807, 2.05) is 6.07 Å². The molecule has 0 atom stereocenters. The summed E-state index contributed by atoms with van der Waals surface area (Å²) in [5.74, 6) is 1.61. The van der Waals surface area contributed by atoms with Crippen LogP contribution >= 0.6 is 0 Å². The highest BCUT2D eigenvalue weighted by Crippen LogP contribution is 2.35. The highest BCUT2D eigenvalue weighted by molar-refractivity contribution is 6.15. The molecule has 0 spiro atoms. The molecule has 0 saturated carbocycles. The zero-order valence-corrected chi connectivity index (χ0v) is 11.0. The van der Waals surface area contributed by atoms with Crippen molar-refractivity contribution in [2.24, 2.45) is 0 Å². The maximum absolute atomic E-state index is 5.34. The Balaban J connectivity index is 3.16. The quantitative estimate of drug-likeness (QED) is 0.709. The number of hydrogen-bond acceptors (Lipinski definition) is 2. The second kappa shape index (κ2) is 5.28. The molecule has 0 amide bonds. The first kappa shape index (κ1) is 13.0. The fraction of sp³-hybridized carbons (Fsp3) is 0.538. The molecule has 88 valence electrons. The average Bonchev–Trinajstić information content (AvgIpc) is 2.36. The minimum absolute atomic E-state index is 0.222. The van der Waals surface area contributed by atoms with Crippen LogP contribution in [0, 0.1) is 0 Å². The van der Waals surface area contributed by atoms with Gasteiger partial charge in [-0.1, -0.05) is 32.8 Å². The van der Waals surface area contributed by atoms with Gasteiger partial charge in [0.05, 0.1) is 14.2 Å². The van der Waals surface area contributed by atoms with Crippen molar-refractivity contribution in [3.63, 3.8) is 0 Å². The average molecular weight is 220 g/mol. The second-order valence-electron chi connectivity index (χ2n) is 4.34. The van der Waals surface area contributed by atoms with Crippen LogP contribution in [0.15, 0.2) is 18.2 Å². The Labute approximate surface area is 99.4 Å². The molecule has 2 nitrogen and oxygen atoms in total. The van der Waals surface area contributed by atoms with Crippen LogP contribution in [0.2, 0.25) is 0 Å². The molecule has 16 heavy (non-hydrogen) atoms. The van der Waals surface area contributed by atoms with Crippen LogP contribution in [0.5, 0.6) is 11.5 Å². The van der Waals surface area contributed by atoms with E-state index in [0.29, 0.717) is 0 Å². The minimum atomic E-state index is 0.222. The molecule has 0 fully saturated rings. The van der Waals surface area contributed by atoms with E-state index in [-0.39, 0.29) is 5.31 Å². The van der Waals surface area contributed by atoms with Crippen molar-refractivity contribution >= 4 is 7.85 Å². The van der Waals surface area contributed by atoms with Crippen LogP contribution in [-0.2, 0) is 5.31 Å². The molecule has 0 bridgehead atoms. The first-order valence-corrected chi connectivity index (χ1v) is 5.83. The van der Waals surface area contributed by atoms with Gasteiger partial charge >= 0.3 is 0 Å². The zero-order valence-electron chi connectivity index (χ0n) is 11.0. The number of methoxy groups -OCH3 is 2. The Kier molecular flexibility index (Phi) is 4.28. The summed E-state index contributed by atoms with van der Waals surface area (Å²) in [6.45, 7) is 4.44. The van der Waals surface area contributed by atoms with E-state index < -0.39 is 0 Å². The predicted octanol–water partition coefficient (Wildman–Crippen LogP) is 2.35. The van der Waals surface area contributed by atoms with Gasteiger partial charge in [-0.15, -0.1) is 0 Å². The number of hydrogen-bond donors (Lipinski definition) is 0. The number of benzene rings is 1. The summed E-state index contributed by atoms with van der Waals surface area (Å²) in [6.07, 6.45) is 2.25. The summed E-state index contributed by atoms with van der Waals surface area (Å²) >= 11 is 0. The largest absolute Gasteiger partial charge is 0.493 e. The molecule has 0 unspecified atom stereocenters. The lowest BCUT2D eigenvalue weighted by Crippen LogP contribution is -2.24. The molecule has 0 aliphatic rings. The maximum Gasteiger partial charge on any atom is 0.160 e. The number of ether oxygens (including phenoxy) is 2. The van der Waals surface area contributed by atoms with E-state index in [4.69, 9.17) is 9.47 Å². The van der Waals surface area contributed by atoms with Gasteiger partial charge < -0.3 is 9.47 Å². The van der Waals surface area contributed by atoms with Gasteiger partial charge in [-0.2, -0.15) is 0 Å². The summed E-state index contributed by atoms with van der Waals surface area (Å²) in [5.41, 5.74) is 1.31. The highest BCUT2D eigenvalue weighted by atomic mass is 16.5. The molecular formula is C13H21BO2. The molecule has 1 aromatic rings. The summed E-state index contributed by atoms with van der Waals surface area (Å²) < 4.78 is 10.6. The lowest BCUT2D eigenvalue weighted by Gasteiger charge is -2.28. The van der Waals surface area contributed by atoms with Crippen molar-refractivity contribution in [1.82, 2.24) is 0 Å². The second-order valence-corrected chi connectivity index (χ2v) is 4.34. The van der Waals surface area contributed by atoms with Gasteiger partial charge in [-0.25, -0.2) is 0 Å². The van der Waals surface area contributed by atoms with Crippen LogP contribution in [0.1, 0.15) is 32.3 Å². The van der Waals surface area contributed by atoms with Crippen LogP contribution in [0.4, 0.5) is 0 Å². The first-order valence-electron chi connectivity index (χ1n) is 5.83.